The van der Waals surface area contributed by atoms with Crippen LogP contribution in [0.3, 0.4) is 0 Å². The van der Waals surface area contributed by atoms with E-state index in [1.807, 2.05) is 23.1 Å². The minimum absolute atomic E-state index is 0.0392. The molecule has 1 N–H and O–H groups in total. The maximum atomic E-state index is 12.5. The topological polar surface area (TPSA) is 62.3 Å². The van der Waals surface area contributed by atoms with Crippen LogP contribution in [-0.4, -0.2) is 34.7 Å². The molecule has 1 aliphatic rings. The van der Waals surface area contributed by atoms with Crippen molar-refractivity contribution in [3.8, 4) is 0 Å². The van der Waals surface area contributed by atoms with Crippen LogP contribution in [0.15, 0.2) is 42.7 Å². The molecule has 1 aliphatic heterocycles. The summed E-state index contributed by atoms with van der Waals surface area (Å²) in [6.07, 6.45) is 6.63. The van der Waals surface area contributed by atoms with E-state index in [0.717, 1.165) is 37.3 Å². The predicted octanol–water partition coefficient (Wildman–Crippen LogP) is 3.65. The molecule has 5 nitrogen and oxygen atoms in total. The third-order valence-corrected chi connectivity index (χ3v) is 4.21. The first-order valence-electron chi connectivity index (χ1n) is 8.26. The number of nitrogens with zero attached hydrogens (tertiary/aromatic N) is 2. The molecule has 2 heterocycles. The van der Waals surface area contributed by atoms with Crippen LogP contribution in [0.25, 0.3) is 0 Å². The Balaban J connectivity index is 1.72. The number of carbonyl (C=O) groups is 2. The van der Waals surface area contributed by atoms with E-state index in [1.165, 1.54) is 6.42 Å². The van der Waals surface area contributed by atoms with Gasteiger partial charge in [0.15, 0.2) is 5.78 Å². The smallest absolute Gasteiger partial charge is 0.255 e. The molecule has 0 atom stereocenters. The number of carbonyl (C=O) groups excluding carboxylic acids is 2. The monoisotopic (exact) mass is 323 g/mol. The molecule has 0 aliphatic carbocycles. The summed E-state index contributed by atoms with van der Waals surface area (Å²) in [6.45, 7) is 3.19. The number of benzene rings is 1. The van der Waals surface area contributed by atoms with E-state index in [-0.39, 0.29) is 11.7 Å². The predicted molar refractivity (Wildman–Crippen MR) is 93.7 cm³/mol. The molecule has 1 aromatic heterocycles. The van der Waals surface area contributed by atoms with Gasteiger partial charge in [-0.05, 0) is 56.5 Å². The molecule has 0 bridgehead atoms. The average molecular weight is 323 g/mol. The molecule has 3 rings (SSSR count). The Morgan fingerprint density at radius 1 is 0.958 bits per heavy atom. The highest BCUT2D eigenvalue weighted by molar-refractivity contribution is 5.95. The highest BCUT2D eigenvalue weighted by Gasteiger charge is 2.18. The first-order chi connectivity index (χ1) is 11.6. The van der Waals surface area contributed by atoms with Crippen molar-refractivity contribution in [1.29, 1.82) is 0 Å². The molecule has 1 fully saturated rings. The van der Waals surface area contributed by atoms with Crippen molar-refractivity contribution < 1.29 is 9.59 Å². The van der Waals surface area contributed by atoms with Crippen molar-refractivity contribution in [2.75, 3.05) is 18.4 Å². The Bertz CT molecular complexity index is 735. The SMILES string of the molecule is CC(=O)c1ccc(Nc2cncc(C(=O)N3CCCCC3)c2)cc1. The number of piperidine rings is 1. The minimum Gasteiger partial charge on any atom is -0.354 e. The number of hydrogen-bond acceptors (Lipinski definition) is 4. The normalized spacial score (nSPS) is 14.3. The van der Waals surface area contributed by atoms with Gasteiger partial charge in [-0.15, -0.1) is 0 Å². The first kappa shape index (κ1) is 16.2. The Morgan fingerprint density at radius 3 is 2.33 bits per heavy atom. The van der Waals surface area contributed by atoms with E-state index in [2.05, 4.69) is 10.3 Å². The number of ketones is 1. The van der Waals surface area contributed by atoms with Gasteiger partial charge in [-0.2, -0.15) is 0 Å². The minimum atomic E-state index is 0.0392. The van der Waals surface area contributed by atoms with Gasteiger partial charge in [0.2, 0.25) is 0 Å². The summed E-state index contributed by atoms with van der Waals surface area (Å²) >= 11 is 0. The number of rotatable bonds is 4. The molecule has 0 unspecified atom stereocenters. The van der Waals surface area contributed by atoms with Crippen molar-refractivity contribution in [2.45, 2.75) is 26.2 Å². The standard InChI is InChI=1S/C19H21N3O2/c1-14(23)15-5-7-17(8-6-15)21-18-11-16(12-20-13-18)19(24)22-9-3-2-4-10-22/h5-8,11-13,21H,2-4,9-10H2,1H3. The van der Waals surface area contributed by atoms with Crippen LogP contribution in [0.1, 0.15) is 46.9 Å². The second kappa shape index (κ2) is 7.25. The Morgan fingerprint density at radius 2 is 1.67 bits per heavy atom. The summed E-state index contributed by atoms with van der Waals surface area (Å²) < 4.78 is 0. The maximum Gasteiger partial charge on any atom is 0.255 e. The van der Waals surface area contributed by atoms with Crippen molar-refractivity contribution >= 4 is 23.1 Å². The van der Waals surface area contributed by atoms with E-state index in [4.69, 9.17) is 0 Å². The lowest BCUT2D eigenvalue weighted by Gasteiger charge is -2.26. The van der Waals surface area contributed by atoms with Crippen molar-refractivity contribution in [2.24, 2.45) is 0 Å². The zero-order chi connectivity index (χ0) is 16.9. The van der Waals surface area contributed by atoms with Crippen molar-refractivity contribution in [3.63, 3.8) is 0 Å². The quantitative estimate of drug-likeness (QED) is 0.872. The number of pyridine rings is 1. The van der Waals surface area contributed by atoms with Gasteiger partial charge < -0.3 is 10.2 Å². The van der Waals surface area contributed by atoms with Crippen LogP contribution in [0.2, 0.25) is 0 Å². The molecule has 1 saturated heterocycles. The number of aromatic nitrogens is 1. The molecule has 0 spiro atoms. The molecule has 124 valence electrons. The van der Waals surface area contributed by atoms with E-state index in [9.17, 15) is 9.59 Å². The summed E-state index contributed by atoms with van der Waals surface area (Å²) in [5.41, 5.74) is 2.88. The second-order valence-electron chi connectivity index (χ2n) is 6.07. The van der Waals surface area contributed by atoms with Gasteiger partial charge in [0, 0.05) is 30.5 Å². The van der Waals surface area contributed by atoms with E-state index < -0.39 is 0 Å². The van der Waals surface area contributed by atoms with E-state index >= 15 is 0 Å². The molecule has 2 aromatic rings. The zero-order valence-corrected chi connectivity index (χ0v) is 13.8. The molecule has 5 heteroatoms. The number of likely N-dealkylation sites (tertiary alicyclic amines) is 1. The third kappa shape index (κ3) is 3.79. The highest BCUT2D eigenvalue weighted by Crippen LogP contribution is 2.19. The van der Waals surface area contributed by atoms with Crippen LogP contribution in [-0.2, 0) is 0 Å². The third-order valence-electron chi connectivity index (χ3n) is 4.21. The number of Topliss-reactive ketones (excluding diaryl/α,β-unsaturated/α-hetero) is 1. The summed E-state index contributed by atoms with van der Waals surface area (Å²) in [4.78, 5) is 29.9. The zero-order valence-electron chi connectivity index (χ0n) is 13.8. The lowest BCUT2D eigenvalue weighted by Crippen LogP contribution is -2.35. The summed E-state index contributed by atoms with van der Waals surface area (Å²) in [5.74, 6) is 0.0788. The number of hydrogen-bond donors (Lipinski definition) is 1. The fourth-order valence-electron chi connectivity index (χ4n) is 2.86. The first-order valence-corrected chi connectivity index (χ1v) is 8.26. The lowest BCUT2D eigenvalue weighted by atomic mass is 10.1. The fourth-order valence-corrected chi connectivity index (χ4v) is 2.86. The van der Waals surface area contributed by atoms with Gasteiger partial charge in [-0.1, -0.05) is 0 Å². The Kier molecular flexibility index (Phi) is 4.89. The van der Waals surface area contributed by atoms with Gasteiger partial charge >= 0.3 is 0 Å². The van der Waals surface area contributed by atoms with Gasteiger partial charge in [0.1, 0.15) is 0 Å². The van der Waals surface area contributed by atoms with Gasteiger partial charge in [0.25, 0.3) is 5.91 Å². The Hall–Kier alpha value is -2.69. The summed E-state index contributed by atoms with van der Waals surface area (Å²) in [6, 6.07) is 9.07. The lowest BCUT2D eigenvalue weighted by molar-refractivity contribution is 0.0724. The fraction of sp³-hybridized carbons (Fsp3) is 0.316. The largest absolute Gasteiger partial charge is 0.354 e. The molecule has 1 amide bonds. The van der Waals surface area contributed by atoms with Crippen molar-refractivity contribution in [1.82, 2.24) is 9.88 Å². The van der Waals surface area contributed by atoms with E-state index in [1.54, 1.807) is 31.5 Å². The van der Waals surface area contributed by atoms with Crippen molar-refractivity contribution in [3.05, 3.63) is 53.9 Å². The molecule has 24 heavy (non-hydrogen) atoms. The number of nitrogens with one attached hydrogen (secondary N) is 1. The summed E-state index contributed by atoms with van der Waals surface area (Å²) in [5, 5.41) is 3.22. The van der Waals surface area contributed by atoms with Gasteiger partial charge in [-0.3, -0.25) is 14.6 Å². The van der Waals surface area contributed by atoms with Crippen LogP contribution < -0.4 is 5.32 Å². The molecule has 1 aromatic carbocycles. The highest BCUT2D eigenvalue weighted by atomic mass is 16.2. The van der Waals surface area contributed by atoms with Crippen LogP contribution in [0, 0.1) is 0 Å². The van der Waals surface area contributed by atoms with Gasteiger partial charge in [0.05, 0.1) is 17.4 Å². The second-order valence-corrected chi connectivity index (χ2v) is 6.07. The number of anilines is 2. The average Bonchev–Trinajstić information content (AvgIpc) is 2.62. The molecule has 0 radical (unpaired) electrons. The molecular formula is C19H21N3O2. The van der Waals surface area contributed by atoms with Crippen LogP contribution >= 0.6 is 0 Å². The Labute approximate surface area is 141 Å². The van der Waals surface area contributed by atoms with E-state index in [0.29, 0.717) is 11.1 Å². The van der Waals surface area contributed by atoms with Crippen LogP contribution in [0.4, 0.5) is 11.4 Å². The number of amides is 1. The maximum absolute atomic E-state index is 12.5. The summed E-state index contributed by atoms with van der Waals surface area (Å²) in [7, 11) is 0. The van der Waals surface area contributed by atoms with Crippen LogP contribution in [0.5, 0.6) is 0 Å². The molecule has 0 saturated carbocycles. The van der Waals surface area contributed by atoms with Gasteiger partial charge in [-0.25, -0.2) is 0 Å². The molecular weight excluding hydrogens is 302 g/mol.